The van der Waals surface area contributed by atoms with Crippen molar-refractivity contribution in [1.82, 2.24) is 5.16 Å². The minimum Gasteiger partial charge on any atom is -0.359 e. The maximum absolute atomic E-state index is 10.6. The van der Waals surface area contributed by atoms with Gasteiger partial charge in [0.1, 0.15) is 16.8 Å². The number of carbonyl (C=O) groups is 1. The Morgan fingerprint density at radius 3 is 2.76 bits per heavy atom. The second-order valence-corrected chi connectivity index (χ2v) is 5.11. The highest BCUT2D eigenvalue weighted by atomic mass is 79.9. The fourth-order valence-electron chi connectivity index (χ4n) is 1.31. The van der Waals surface area contributed by atoms with Crippen molar-refractivity contribution >= 4 is 45.4 Å². The van der Waals surface area contributed by atoms with E-state index in [2.05, 4.69) is 21.1 Å². The van der Waals surface area contributed by atoms with Crippen molar-refractivity contribution in [2.75, 3.05) is 0 Å². The summed E-state index contributed by atoms with van der Waals surface area (Å²) >= 11 is 15.0. The van der Waals surface area contributed by atoms with Gasteiger partial charge in [-0.1, -0.05) is 44.3 Å². The summed E-state index contributed by atoms with van der Waals surface area (Å²) in [5.41, 5.74) is 1.27. The molecule has 0 amide bonds. The number of hydrogen-bond donors (Lipinski definition) is 0. The molecule has 0 bridgehead atoms. The summed E-state index contributed by atoms with van der Waals surface area (Å²) in [6.45, 7) is 0. The molecule has 0 saturated heterocycles. The normalized spacial score (nSPS) is 12.4. The number of halogens is 3. The van der Waals surface area contributed by atoms with Crippen molar-refractivity contribution in [2.45, 2.75) is 4.83 Å². The van der Waals surface area contributed by atoms with Crippen molar-refractivity contribution in [2.24, 2.45) is 0 Å². The molecule has 2 rings (SSSR count). The molecule has 1 aromatic heterocycles. The van der Waals surface area contributed by atoms with E-state index in [4.69, 9.17) is 27.7 Å². The van der Waals surface area contributed by atoms with E-state index in [-0.39, 0.29) is 0 Å². The summed E-state index contributed by atoms with van der Waals surface area (Å²) < 4.78 is 5.04. The zero-order chi connectivity index (χ0) is 12.4. The van der Waals surface area contributed by atoms with Crippen LogP contribution in [-0.2, 0) is 4.79 Å². The predicted octanol–water partition coefficient (Wildman–Crippen LogP) is 4.28. The first-order chi connectivity index (χ1) is 8.11. The van der Waals surface area contributed by atoms with Crippen LogP contribution in [0.25, 0.3) is 11.3 Å². The Hall–Kier alpha value is -0.840. The lowest BCUT2D eigenvalue weighted by molar-refractivity contribution is -0.107. The molecule has 1 heterocycles. The van der Waals surface area contributed by atoms with Gasteiger partial charge in [0.05, 0.1) is 5.02 Å². The molecule has 1 aromatic carbocycles. The van der Waals surface area contributed by atoms with E-state index < -0.39 is 4.83 Å². The molecule has 0 fully saturated rings. The Labute approximate surface area is 116 Å². The van der Waals surface area contributed by atoms with E-state index in [1.54, 1.807) is 24.3 Å². The maximum Gasteiger partial charge on any atom is 0.158 e. The number of rotatable bonds is 3. The van der Waals surface area contributed by atoms with Crippen LogP contribution in [0.5, 0.6) is 0 Å². The van der Waals surface area contributed by atoms with Crippen LogP contribution in [0.3, 0.4) is 0 Å². The summed E-state index contributed by atoms with van der Waals surface area (Å²) in [7, 11) is 0. The van der Waals surface area contributed by atoms with Gasteiger partial charge < -0.3 is 9.32 Å². The average Bonchev–Trinajstić information content (AvgIpc) is 2.77. The molecule has 88 valence electrons. The Morgan fingerprint density at radius 2 is 2.12 bits per heavy atom. The van der Waals surface area contributed by atoms with Gasteiger partial charge >= 0.3 is 0 Å². The molecule has 17 heavy (non-hydrogen) atoms. The van der Waals surface area contributed by atoms with Gasteiger partial charge in [0, 0.05) is 16.7 Å². The smallest absolute Gasteiger partial charge is 0.158 e. The van der Waals surface area contributed by atoms with Crippen LogP contribution in [-0.4, -0.2) is 11.4 Å². The average molecular weight is 335 g/mol. The minimum atomic E-state index is -0.505. The molecule has 2 aromatic rings. The fourth-order valence-corrected chi connectivity index (χ4v) is 2.03. The highest BCUT2D eigenvalue weighted by molar-refractivity contribution is 9.09. The topological polar surface area (TPSA) is 43.1 Å². The molecular weight excluding hydrogens is 329 g/mol. The second kappa shape index (κ2) is 5.21. The van der Waals surface area contributed by atoms with Gasteiger partial charge in [-0.3, -0.25) is 0 Å². The molecular formula is C11H6BrCl2NO2. The SMILES string of the molecule is O=CC(Br)c1cc(-c2ccc(Cl)cc2Cl)no1. The minimum absolute atomic E-state index is 0.431. The lowest BCUT2D eigenvalue weighted by Crippen LogP contribution is -1.86. The van der Waals surface area contributed by atoms with Crippen molar-refractivity contribution in [3.05, 3.63) is 40.1 Å². The number of alkyl halides is 1. The van der Waals surface area contributed by atoms with Crippen molar-refractivity contribution in [1.29, 1.82) is 0 Å². The molecule has 0 aliphatic heterocycles. The van der Waals surface area contributed by atoms with Gasteiger partial charge in [-0.25, -0.2) is 0 Å². The van der Waals surface area contributed by atoms with Crippen molar-refractivity contribution in [3.8, 4) is 11.3 Å². The number of aldehydes is 1. The Kier molecular flexibility index (Phi) is 3.86. The zero-order valence-electron chi connectivity index (χ0n) is 8.36. The van der Waals surface area contributed by atoms with Gasteiger partial charge in [-0.2, -0.15) is 0 Å². The monoisotopic (exact) mass is 333 g/mol. The molecule has 0 spiro atoms. The number of nitrogens with zero attached hydrogens (tertiary/aromatic N) is 1. The molecule has 0 aliphatic rings. The predicted molar refractivity (Wildman–Crippen MR) is 69.7 cm³/mol. The zero-order valence-corrected chi connectivity index (χ0v) is 11.5. The Bertz CT molecular complexity index is 556. The molecule has 3 nitrogen and oxygen atoms in total. The van der Waals surface area contributed by atoms with Crippen LogP contribution in [0.1, 0.15) is 10.6 Å². The molecule has 0 aliphatic carbocycles. The summed E-state index contributed by atoms with van der Waals surface area (Å²) in [6.07, 6.45) is 0.716. The maximum atomic E-state index is 10.6. The van der Waals surface area contributed by atoms with Gasteiger partial charge in [0.25, 0.3) is 0 Å². The summed E-state index contributed by atoms with van der Waals surface area (Å²) in [5, 5.41) is 4.89. The van der Waals surface area contributed by atoms with Crippen LogP contribution in [0, 0.1) is 0 Å². The largest absolute Gasteiger partial charge is 0.359 e. The third-order valence-corrected chi connectivity index (χ3v) is 3.34. The lowest BCUT2D eigenvalue weighted by atomic mass is 10.1. The van der Waals surface area contributed by atoms with Gasteiger partial charge in [0.2, 0.25) is 0 Å². The summed E-state index contributed by atoms with van der Waals surface area (Å²) in [4.78, 5) is 10.1. The molecule has 0 radical (unpaired) electrons. The first-order valence-corrected chi connectivity index (χ1v) is 6.30. The highest BCUT2D eigenvalue weighted by Crippen LogP contribution is 2.32. The number of aromatic nitrogens is 1. The first-order valence-electron chi connectivity index (χ1n) is 4.63. The molecule has 1 unspecified atom stereocenters. The quantitative estimate of drug-likeness (QED) is 0.621. The van der Waals surface area contributed by atoms with E-state index in [1.807, 2.05) is 0 Å². The van der Waals surface area contributed by atoms with E-state index in [9.17, 15) is 4.79 Å². The molecule has 0 N–H and O–H groups in total. The van der Waals surface area contributed by atoms with E-state index in [0.717, 1.165) is 0 Å². The van der Waals surface area contributed by atoms with E-state index >= 15 is 0 Å². The fraction of sp³-hybridized carbons (Fsp3) is 0.0909. The standard InChI is InChI=1S/C11H6BrCl2NO2/c12-8(5-16)11-4-10(15-17-11)7-2-1-6(13)3-9(7)14/h1-5,8H. The summed E-state index contributed by atoms with van der Waals surface area (Å²) in [6, 6.07) is 6.74. The van der Waals surface area contributed by atoms with Crippen LogP contribution in [0.4, 0.5) is 0 Å². The number of benzene rings is 1. The van der Waals surface area contributed by atoms with Crippen LogP contribution in [0.2, 0.25) is 10.0 Å². The Balaban J connectivity index is 2.40. The van der Waals surface area contributed by atoms with Gasteiger partial charge in [-0.15, -0.1) is 0 Å². The van der Waals surface area contributed by atoms with Crippen LogP contribution >= 0.6 is 39.1 Å². The highest BCUT2D eigenvalue weighted by Gasteiger charge is 2.15. The lowest BCUT2D eigenvalue weighted by Gasteiger charge is -1.99. The number of carbonyl (C=O) groups excluding carboxylic acids is 1. The van der Waals surface area contributed by atoms with Crippen LogP contribution in [0.15, 0.2) is 28.8 Å². The Morgan fingerprint density at radius 1 is 1.35 bits per heavy atom. The van der Waals surface area contributed by atoms with E-state index in [1.165, 1.54) is 0 Å². The van der Waals surface area contributed by atoms with Crippen molar-refractivity contribution < 1.29 is 9.32 Å². The molecule has 6 heteroatoms. The molecule has 0 saturated carbocycles. The molecule has 1 atom stereocenters. The first kappa shape index (κ1) is 12.6. The van der Waals surface area contributed by atoms with Crippen molar-refractivity contribution in [3.63, 3.8) is 0 Å². The second-order valence-electron chi connectivity index (χ2n) is 3.28. The third kappa shape index (κ3) is 2.70. The van der Waals surface area contributed by atoms with Crippen LogP contribution < -0.4 is 0 Å². The van der Waals surface area contributed by atoms with E-state index in [0.29, 0.717) is 33.3 Å². The van der Waals surface area contributed by atoms with Gasteiger partial charge in [0.15, 0.2) is 5.76 Å². The third-order valence-electron chi connectivity index (χ3n) is 2.13. The summed E-state index contributed by atoms with van der Waals surface area (Å²) in [5.74, 6) is 0.431. The van der Waals surface area contributed by atoms with Gasteiger partial charge in [-0.05, 0) is 18.2 Å². The number of hydrogen-bond acceptors (Lipinski definition) is 3.